The zero-order valence-electron chi connectivity index (χ0n) is 21.1. The number of aromatic nitrogens is 2. The lowest BCUT2D eigenvalue weighted by molar-refractivity contribution is -0.119. The first-order chi connectivity index (χ1) is 17.3. The normalized spacial score (nSPS) is 10.6. The molecule has 1 heterocycles. The van der Waals surface area contributed by atoms with Gasteiger partial charge in [-0.2, -0.15) is 0 Å². The number of carbonyl (C=O) groups excluding carboxylic acids is 2. The molecule has 0 atom stereocenters. The molecule has 2 aromatic carbocycles. The van der Waals surface area contributed by atoms with Crippen LogP contribution in [-0.2, 0) is 16.6 Å². The smallest absolute Gasteiger partial charge is 0.338 e. The van der Waals surface area contributed by atoms with Crippen LogP contribution in [0.5, 0.6) is 17.2 Å². The van der Waals surface area contributed by atoms with Gasteiger partial charge in [0.2, 0.25) is 5.75 Å². The van der Waals surface area contributed by atoms with E-state index in [-0.39, 0.29) is 11.3 Å². The van der Waals surface area contributed by atoms with Crippen molar-refractivity contribution in [2.24, 2.45) is 7.05 Å². The lowest BCUT2D eigenvalue weighted by Gasteiger charge is -2.16. The van der Waals surface area contributed by atoms with E-state index in [1.54, 1.807) is 30.8 Å². The molecule has 0 aliphatic rings. The van der Waals surface area contributed by atoms with E-state index in [9.17, 15) is 14.4 Å². The maximum absolute atomic E-state index is 13.0. The van der Waals surface area contributed by atoms with Crippen molar-refractivity contribution in [1.82, 2.24) is 9.36 Å². The Hall–Kier alpha value is -4.21. The molecule has 192 valence electrons. The molecule has 1 amide bonds. The Morgan fingerprint density at radius 1 is 0.917 bits per heavy atom. The van der Waals surface area contributed by atoms with Crippen LogP contribution < -0.4 is 25.1 Å². The van der Waals surface area contributed by atoms with Crippen LogP contribution in [-0.4, -0.2) is 47.7 Å². The molecule has 0 saturated heterocycles. The molecule has 10 nitrogen and oxygen atoms in total. The van der Waals surface area contributed by atoms with E-state index in [2.05, 4.69) is 5.32 Å². The second-order valence-corrected chi connectivity index (χ2v) is 7.66. The highest BCUT2D eigenvalue weighted by Crippen LogP contribution is 2.39. The number of hydrogen-bond donors (Lipinski definition) is 1. The van der Waals surface area contributed by atoms with Crippen molar-refractivity contribution >= 4 is 17.6 Å². The largest absolute Gasteiger partial charge is 0.490 e. The summed E-state index contributed by atoms with van der Waals surface area (Å²) in [5.41, 5.74) is 1.07. The van der Waals surface area contributed by atoms with Crippen molar-refractivity contribution in [2.45, 2.75) is 27.7 Å². The molecule has 3 aromatic rings. The lowest BCUT2D eigenvalue weighted by atomic mass is 10.2. The summed E-state index contributed by atoms with van der Waals surface area (Å²) in [6.45, 7) is 7.66. The van der Waals surface area contributed by atoms with E-state index >= 15 is 0 Å². The van der Waals surface area contributed by atoms with Crippen LogP contribution in [0.15, 0.2) is 47.3 Å². The zero-order chi connectivity index (χ0) is 26.2. The summed E-state index contributed by atoms with van der Waals surface area (Å²) in [5.74, 6) is -0.326. The summed E-state index contributed by atoms with van der Waals surface area (Å²) < 4.78 is 25.2. The topological polar surface area (TPSA) is 110 Å². The summed E-state index contributed by atoms with van der Waals surface area (Å²) in [5, 5.41) is 2.57. The fraction of sp³-hybridized carbons (Fsp3) is 0.346. The molecule has 0 aliphatic heterocycles. The number of benzene rings is 2. The summed E-state index contributed by atoms with van der Waals surface area (Å²) in [6.07, 6.45) is 0. The fourth-order valence-electron chi connectivity index (χ4n) is 3.61. The SMILES string of the molecule is CCOc1cc(C(=O)OCC(=O)Nc2c(C)n(C)n(-c3ccccc3)c2=O)cc(OCC)c1OCC. The van der Waals surface area contributed by atoms with E-state index in [0.717, 1.165) is 0 Å². The number of amides is 1. The molecule has 1 N–H and O–H groups in total. The van der Waals surface area contributed by atoms with Crippen molar-refractivity contribution in [3.63, 3.8) is 0 Å². The third kappa shape index (κ3) is 5.70. The Morgan fingerprint density at radius 3 is 2.06 bits per heavy atom. The van der Waals surface area contributed by atoms with Crippen LogP contribution in [0, 0.1) is 6.92 Å². The Bertz CT molecular complexity index is 1250. The molecular formula is C26H31N3O7. The Labute approximate surface area is 209 Å². The van der Waals surface area contributed by atoms with Crippen LogP contribution in [0.2, 0.25) is 0 Å². The van der Waals surface area contributed by atoms with Gasteiger partial charge in [-0.05, 0) is 52.0 Å². The predicted octanol–water partition coefficient (Wildman–Crippen LogP) is 3.48. The number of para-hydroxylation sites is 1. The maximum Gasteiger partial charge on any atom is 0.338 e. The molecule has 1 aromatic heterocycles. The summed E-state index contributed by atoms with van der Waals surface area (Å²) in [4.78, 5) is 38.3. The quantitative estimate of drug-likeness (QED) is 0.404. The lowest BCUT2D eigenvalue weighted by Crippen LogP contribution is -2.25. The minimum atomic E-state index is -0.749. The predicted molar refractivity (Wildman–Crippen MR) is 135 cm³/mol. The summed E-state index contributed by atoms with van der Waals surface area (Å²) >= 11 is 0. The highest BCUT2D eigenvalue weighted by Gasteiger charge is 2.21. The van der Waals surface area contributed by atoms with Gasteiger partial charge in [0.05, 0.1) is 36.8 Å². The average Bonchev–Trinajstić information content (AvgIpc) is 3.08. The molecule has 0 radical (unpaired) electrons. The van der Waals surface area contributed by atoms with Gasteiger partial charge in [-0.1, -0.05) is 18.2 Å². The van der Waals surface area contributed by atoms with E-state index in [0.29, 0.717) is 48.5 Å². The molecular weight excluding hydrogens is 466 g/mol. The fourth-order valence-corrected chi connectivity index (χ4v) is 3.61. The van der Waals surface area contributed by atoms with Gasteiger partial charge < -0.3 is 24.3 Å². The Morgan fingerprint density at radius 2 is 1.50 bits per heavy atom. The van der Waals surface area contributed by atoms with Crippen molar-refractivity contribution in [1.29, 1.82) is 0 Å². The number of esters is 1. The van der Waals surface area contributed by atoms with Gasteiger partial charge in [-0.25, -0.2) is 9.48 Å². The van der Waals surface area contributed by atoms with Crippen molar-refractivity contribution < 1.29 is 28.5 Å². The van der Waals surface area contributed by atoms with Gasteiger partial charge in [0, 0.05) is 7.05 Å². The molecule has 36 heavy (non-hydrogen) atoms. The number of hydrogen-bond acceptors (Lipinski definition) is 7. The van der Waals surface area contributed by atoms with E-state index in [1.807, 2.05) is 39.0 Å². The van der Waals surface area contributed by atoms with Gasteiger partial charge >= 0.3 is 5.97 Å². The van der Waals surface area contributed by atoms with Crippen molar-refractivity contribution in [3.8, 4) is 22.9 Å². The minimum absolute atomic E-state index is 0.112. The number of rotatable bonds is 11. The van der Waals surface area contributed by atoms with Gasteiger partial charge in [0.15, 0.2) is 18.1 Å². The number of carbonyl (C=O) groups is 2. The highest BCUT2D eigenvalue weighted by atomic mass is 16.5. The zero-order valence-corrected chi connectivity index (χ0v) is 21.1. The van der Waals surface area contributed by atoms with Gasteiger partial charge in [-0.15, -0.1) is 0 Å². The molecule has 10 heteroatoms. The summed E-state index contributed by atoms with van der Waals surface area (Å²) in [7, 11) is 1.72. The standard InChI is InChI=1S/C26H31N3O7/c1-6-33-20-14-18(15-21(34-7-2)24(20)35-8-3)26(32)36-16-22(30)27-23-17(4)28(5)29(25(23)31)19-12-10-9-11-13-19/h9-15H,6-8,16H2,1-5H3,(H,27,30). The first kappa shape index (κ1) is 26.4. The molecule has 0 unspecified atom stereocenters. The number of nitrogens with one attached hydrogen (secondary N) is 1. The average molecular weight is 498 g/mol. The highest BCUT2D eigenvalue weighted by molar-refractivity contribution is 5.96. The van der Waals surface area contributed by atoms with Crippen LogP contribution in [0.3, 0.4) is 0 Å². The van der Waals surface area contributed by atoms with Crippen LogP contribution in [0.4, 0.5) is 5.69 Å². The van der Waals surface area contributed by atoms with E-state index in [4.69, 9.17) is 18.9 Å². The maximum atomic E-state index is 13.0. The third-order valence-electron chi connectivity index (χ3n) is 5.30. The molecule has 0 fully saturated rings. The first-order valence-electron chi connectivity index (χ1n) is 11.7. The molecule has 0 bridgehead atoms. The molecule has 0 saturated carbocycles. The van der Waals surface area contributed by atoms with Crippen LogP contribution in [0.25, 0.3) is 5.69 Å². The molecule has 0 spiro atoms. The second kappa shape index (κ2) is 12.0. The minimum Gasteiger partial charge on any atom is -0.490 e. The van der Waals surface area contributed by atoms with Gasteiger partial charge in [0.1, 0.15) is 5.69 Å². The van der Waals surface area contributed by atoms with Crippen LogP contribution >= 0.6 is 0 Å². The number of ether oxygens (including phenoxy) is 4. The van der Waals surface area contributed by atoms with E-state index < -0.39 is 24.0 Å². The Kier molecular flexibility index (Phi) is 8.77. The van der Waals surface area contributed by atoms with E-state index in [1.165, 1.54) is 16.8 Å². The monoisotopic (exact) mass is 497 g/mol. The van der Waals surface area contributed by atoms with Crippen molar-refractivity contribution in [2.75, 3.05) is 31.7 Å². The number of nitrogens with zero attached hydrogens (tertiary/aromatic N) is 2. The summed E-state index contributed by atoms with van der Waals surface area (Å²) in [6, 6.07) is 12.0. The molecule has 0 aliphatic carbocycles. The number of anilines is 1. The first-order valence-corrected chi connectivity index (χ1v) is 11.7. The molecule has 3 rings (SSSR count). The second-order valence-electron chi connectivity index (χ2n) is 7.66. The van der Waals surface area contributed by atoms with Crippen molar-refractivity contribution in [3.05, 3.63) is 64.1 Å². The third-order valence-corrected chi connectivity index (χ3v) is 5.30. The Balaban J connectivity index is 1.76. The van der Waals surface area contributed by atoms with Crippen LogP contribution in [0.1, 0.15) is 36.8 Å². The van der Waals surface area contributed by atoms with Gasteiger partial charge in [-0.3, -0.25) is 14.3 Å². The van der Waals surface area contributed by atoms with Gasteiger partial charge in [0.25, 0.3) is 11.5 Å².